The Morgan fingerprint density at radius 2 is 2.44 bits per heavy atom. The molecule has 0 saturated heterocycles. The molecule has 18 heavy (non-hydrogen) atoms. The average molecular weight is 271 g/mol. The number of hydrogen-bond donors (Lipinski definition) is 2. The molecule has 0 spiro atoms. The number of ether oxygens (including phenoxy) is 1. The third-order valence-electron chi connectivity index (χ3n) is 1.96. The largest absolute Gasteiger partial charge is 0.501 e. The molecule has 1 heterocycles. The smallest absolute Gasteiger partial charge is 0.224 e. The molecular formula is C11H15ClN4O2. The number of halogens is 1. The summed E-state index contributed by atoms with van der Waals surface area (Å²) in [5.74, 6) is 0.154. The summed E-state index contributed by atoms with van der Waals surface area (Å²) in [7, 11) is 0. The summed E-state index contributed by atoms with van der Waals surface area (Å²) in [4.78, 5) is 18.6. The van der Waals surface area contributed by atoms with Crippen LogP contribution in [0.15, 0.2) is 12.5 Å². The van der Waals surface area contributed by atoms with E-state index in [1.165, 1.54) is 0 Å². The van der Waals surface area contributed by atoms with Gasteiger partial charge in [0.1, 0.15) is 5.82 Å². The van der Waals surface area contributed by atoms with Gasteiger partial charge >= 0.3 is 0 Å². The number of rotatable bonds is 7. The van der Waals surface area contributed by atoms with Crippen LogP contribution in [-0.4, -0.2) is 29.0 Å². The molecule has 1 aromatic heterocycles. The monoisotopic (exact) mass is 270 g/mol. The Morgan fingerprint density at radius 3 is 3.11 bits per heavy atom. The van der Waals surface area contributed by atoms with Gasteiger partial charge in [0.2, 0.25) is 11.2 Å². The number of anilines is 1. The SMILES string of the molecule is CCO/C=C/c1cnc(Cl)nc1NCCC(N)=O. The van der Waals surface area contributed by atoms with Gasteiger partial charge in [0.05, 0.1) is 12.9 Å². The van der Waals surface area contributed by atoms with E-state index < -0.39 is 0 Å². The number of primary amides is 1. The molecule has 0 atom stereocenters. The Hall–Kier alpha value is -1.82. The van der Waals surface area contributed by atoms with Gasteiger partial charge in [-0.2, -0.15) is 0 Å². The molecular weight excluding hydrogens is 256 g/mol. The van der Waals surface area contributed by atoms with Gasteiger partial charge in [-0.15, -0.1) is 0 Å². The zero-order chi connectivity index (χ0) is 13.4. The average Bonchev–Trinajstić information content (AvgIpc) is 2.31. The van der Waals surface area contributed by atoms with Gasteiger partial charge in [-0.05, 0) is 24.6 Å². The van der Waals surface area contributed by atoms with Gasteiger partial charge < -0.3 is 15.8 Å². The first-order valence-electron chi connectivity index (χ1n) is 5.46. The number of hydrogen-bond acceptors (Lipinski definition) is 5. The van der Waals surface area contributed by atoms with E-state index in [4.69, 9.17) is 22.1 Å². The second kappa shape index (κ2) is 7.50. The first-order valence-corrected chi connectivity index (χ1v) is 5.84. The molecule has 3 N–H and O–H groups in total. The molecule has 98 valence electrons. The topological polar surface area (TPSA) is 90.1 Å². The molecule has 0 aliphatic carbocycles. The van der Waals surface area contributed by atoms with Crippen molar-refractivity contribution in [2.75, 3.05) is 18.5 Å². The highest BCUT2D eigenvalue weighted by molar-refractivity contribution is 6.28. The molecule has 6 nitrogen and oxygen atoms in total. The normalized spacial score (nSPS) is 10.6. The Kier molecular flexibility index (Phi) is 5.93. The number of nitrogens with one attached hydrogen (secondary N) is 1. The molecule has 1 amide bonds. The summed E-state index contributed by atoms with van der Waals surface area (Å²) in [6.07, 6.45) is 5.05. The second-order valence-corrected chi connectivity index (χ2v) is 3.68. The van der Waals surface area contributed by atoms with Crippen LogP contribution < -0.4 is 11.1 Å². The van der Waals surface area contributed by atoms with E-state index in [9.17, 15) is 4.79 Å². The van der Waals surface area contributed by atoms with Gasteiger partial charge in [0, 0.05) is 24.7 Å². The van der Waals surface area contributed by atoms with Crippen molar-refractivity contribution in [3.05, 3.63) is 23.3 Å². The molecule has 7 heteroatoms. The van der Waals surface area contributed by atoms with Crippen molar-refractivity contribution in [3.63, 3.8) is 0 Å². The summed E-state index contributed by atoms with van der Waals surface area (Å²) in [6, 6.07) is 0. The molecule has 0 aliphatic rings. The van der Waals surface area contributed by atoms with Crippen molar-refractivity contribution < 1.29 is 9.53 Å². The zero-order valence-electron chi connectivity index (χ0n) is 10.0. The van der Waals surface area contributed by atoms with E-state index in [1.54, 1.807) is 18.5 Å². The van der Waals surface area contributed by atoms with E-state index in [0.717, 1.165) is 5.56 Å². The third kappa shape index (κ3) is 5.01. The fourth-order valence-electron chi connectivity index (χ4n) is 1.15. The summed E-state index contributed by atoms with van der Waals surface area (Å²) in [5, 5.41) is 3.10. The highest BCUT2D eigenvalue weighted by Gasteiger charge is 2.04. The van der Waals surface area contributed by atoms with Crippen LogP contribution in [-0.2, 0) is 9.53 Å². The predicted octanol–water partition coefficient (Wildman–Crippen LogP) is 1.42. The van der Waals surface area contributed by atoms with Gasteiger partial charge in [0.15, 0.2) is 0 Å². The molecule has 0 aromatic carbocycles. The van der Waals surface area contributed by atoms with E-state index in [0.29, 0.717) is 19.0 Å². The Balaban J connectivity index is 2.73. The lowest BCUT2D eigenvalue weighted by molar-refractivity contribution is -0.117. The van der Waals surface area contributed by atoms with Crippen molar-refractivity contribution in [2.45, 2.75) is 13.3 Å². The summed E-state index contributed by atoms with van der Waals surface area (Å²) < 4.78 is 5.09. The number of nitrogens with zero attached hydrogens (tertiary/aromatic N) is 2. The summed E-state index contributed by atoms with van der Waals surface area (Å²) in [5.41, 5.74) is 5.77. The summed E-state index contributed by atoms with van der Waals surface area (Å²) in [6.45, 7) is 2.85. The number of carbonyl (C=O) groups excluding carboxylic acids is 1. The Morgan fingerprint density at radius 1 is 1.67 bits per heavy atom. The minimum Gasteiger partial charge on any atom is -0.501 e. The van der Waals surface area contributed by atoms with Crippen molar-refractivity contribution in [2.24, 2.45) is 5.73 Å². The highest BCUT2D eigenvalue weighted by atomic mass is 35.5. The molecule has 0 aliphatic heterocycles. The van der Waals surface area contributed by atoms with Crippen LogP contribution in [0.2, 0.25) is 5.28 Å². The molecule has 0 fully saturated rings. The molecule has 0 saturated carbocycles. The fraction of sp³-hybridized carbons (Fsp3) is 0.364. The van der Waals surface area contributed by atoms with Gasteiger partial charge in [-0.25, -0.2) is 9.97 Å². The lowest BCUT2D eigenvalue weighted by atomic mass is 10.3. The van der Waals surface area contributed by atoms with E-state index in [1.807, 2.05) is 6.92 Å². The number of carbonyl (C=O) groups is 1. The fourth-order valence-corrected chi connectivity index (χ4v) is 1.29. The Labute approximate surface area is 110 Å². The van der Waals surface area contributed by atoms with E-state index in [-0.39, 0.29) is 17.6 Å². The number of amides is 1. The zero-order valence-corrected chi connectivity index (χ0v) is 10.8. The van der Waals surface area contributed by atoms with Crippen LogP contribution in [0.25, 0.3) is 6.08 Å². The lowest BCUT2D eigenvalue weighted by Crippen LogP contribution is -2.16. The van der Waals surface area contributed by atoms with Gasteiger partial charge in [0.25, 0.3) is 0 Å². The lowest BCUT2D eigenvalue weighted by Gasteiger charge is -2.07. The van der Waals surface area contributed by atoms with Crippen molar-refractivity contribution in [1.29, 1.82) is 0 Å². The first-order chi connectivity index (χ1) is 8.63. The molecule has 0 unspecified atom stereocenters. The molecule has 0 bridgehead atoms. The van der Waals surface area contributed by atoms with E-state index >= 15 is 0 Å². The quantitative estimate of drug-likeness (QED) is 0.578. The minimum atomic E-state index is -0.380. The van der Waals surface area contributed by atoms with Crippen LogP contribution in [0.3, 0.4) is 0 Å². The van der Waals surface area contributed by atoms with Crippen molar-refractivity contribution >= 4 is 29.4 Å². The van der Waals surface area contributed by atoms with Crippen LogP contribution >= 0.6 is 11.6 Å². The van der Waals surface area contributed by atoms with Crippen LogP contribution in [0.5, 0.6) is 0 Å². The van der Waals surface area contributed by atoms with Gasteiger partial charge in [-0.3, -0.25) is 4.79 Å². The molecule has 0 radical (unpaired) electrons. The van der Waals surface area contributed by atoms with Crippen LogP contribution in [0, 0.1) is 0 Å². The standard InChI is InChI=1S/C11H15ClN4O2/c1-2-18-6-4-8-7-15-11(12)16-10(8)14-5-3-9(13)17/h4,6-7H,2-3,5H2,1H3,(H2,13,17)(H,14,15,16)/b6-4+. The number of nitrogens with two attached hydrogens (primary N) is 1. The summed E-state index contributed by atoms with van der Waals surface area (Å²) >= 11 is 5.71. The third-order valence-corrected chi connectivity index (χ3v) is 2.14. The first kappa shape index (κ1) is 14.2. The predicted molar refractivity (Wildman–Crippen MR) is 70.0 cm³/mol. The molecule has 1 rings (SSSR count). The maximum Gasteiger partial charge on any atom is 0.224 e. The van der Waals surface area contributed by atoms with Crippen molar-refractivity contribution in [1.82, 2.24) is 9.97 Å². The van der Waals surface area contributed by atoms with Gasteiger partial charge in [-0.1, -0.05) is 0 Å². The maximum absolute atomic E-state index is 10.6. The molecule has 1 aromatic rings. The maximum atomic E-state index is 10.6. The van der Waals surface area contributed by atoms with Crippen LogP contribution in [0.4, 0.5) is 5.82 Å². The highest BCUT2D eigenvalue weighted by Crippen LogP contribution is 2.15. The second-order valence-electron chi connectivity index (χ2n) is 3.34. The van der Waals surface area contributed by atoms with E-state index in [2.05, 4.69) is 15.3 Å². The minimum absolute atomic E-state index is 0.130. The Bertz CT molecular complexity index is 437. The van der Waals surface area contributed by atoms with Crippen LogP contribution in [0.1, 0.15) is 18.9 Å². The number of aromatic nitrogens is 2. The van der Waals surface area contributed by atoms with Crippen molar-refractivity contribution in [3.8, 4) is 0 Å².